The molecule has 2 fully saturated rings. The number of nitrogens with zero attached hydrogens (tertiary/aromatic N) is 1. The third-order valence-corrected chi connectivity index (χ3v) is 4.21. The summed E-state index contributed by atoms with van der Waals surface area (Å²) in [6.45, 7) is 12.1. The van der Waals surface area contributed by atoms with Crippen molar-refractivity contribution < 1.29 is 23.8 Å². The van der Waals surface area contributed by atoms with Crippen LogP contribution in [0.25, 0.3) is 0 Å². The molecule has 0 bridgehead atoms. The Balaban J connectivity index is 2.11. The maximum atomic E-state index is 12.5. The fraction of sp³-hybridized carbons (Fsp3) is 0.765. The van der Waals surface area contributed by atoms with Crippen LogP contribution in [-0.4, -0.2) is 54.5 Å². The Bertz CT molecular complexity index is 484. The zero-order chi connectivity index (χ0) is 17.3. The molecule has 0 spiro atoms. The van der Waals surface area contributed by atoms with Gasteiger partial charge in [-0.2, -0.15) is 0 Å². The first-order chi connectivity index (χ1) is 10.7. The minimum Gasteiger partial charge on any atom is -0.464 e. The van der Waals surface area contributed by atoms with Gasteiger partial charge in [0, 0.05) is 11.5 Å². The van der Waals surface area contributed by atoms with Crippen molar-refractivity contribution in [2.75, 3.05) is 19.8 Å². The Morgan fingerprint density at radius 1 is 1.35 bits per heavy atom. The summed E-state index contributed by atoms with van der Waals surface area (Å²) in [7, 11) is 0. The molecule has 0 N–H and O–H groups in total. The molecule has 3 atom stereocenters. The van der Waals surface area contributed by atoms with Crippen molar-refractivity contribution in [3.8, 4) is 0 Å². The average Bonchev–Trinajstić information content (AvgIpc) is 3.02. The maximum absolute atomic E-state index is 12.5. The number of hydrogen-bond donors (Lipinski definition) is 0. The molecule has 1 saturated heterocycles. The molecule has 0 aromatic heterocycles. The second-order valence-electron chi connectivity index (χ2n) is 7.25. The van der Waals surface area contributed by atoms with E-state index in [9.17, 15) is 9.59 Å². The molecule has 130 valence electrons. The molecule has 0 aromatic rings. The minimum atomic E-state index is -0.601. The second kappa shape index (κ2) is 6.51. The molecule has 6 heteroatoms. The summed E-state index contributed by atoms with van der Waals surface area (Å²) in [6, 6.07) is -0.604. The topological polar surface area (TPSA) is 65.1 Å². The van der Waals surface area contributed by atoms with Crippen LogP contribution in [0.2, 0.25) is 0 Å². The van der Waals surface area contributed by atoms with Gasteiger partial charge in [0.25, 0.3) is 0 Å². The van der Waals surface area contributed by atoms with E-state index in [0.29, 0.717) is 26.2 Å². The molecular formula is C17H27NO5. The quantitative estimate of drug-likeness (QED) is 0.426. The van der Waals surface area contributed by atoms with E-state index in [2.05, 4.69) is 6.58 Å². The van der Waals surface area contributed by atoms with E-state index in [1.807, 2.05) is 20.8 Å². The van der Waals surface area contributed by atoms with Gasteiger partial charge in [0.15, 0.2) is 0 Å². The van der Waals surface area contributed by atoms with Gasteiger partial charge in [-0.15, -0.1) is 6.58 Å². The number of piperidine rings is 1. The van der Waals surface area contributed by atoms with Crippen molar-refractivity contribution in [3.63, 3.8) is 0 Å². The van der Waals surface area contributed by atoms with Crippen LogP contribution in [0.4, 0.5) is 4.79 Å². The summed E-state index contributed by atoms with van der Waals surface area (Å²) in [5.74, 6) is -0.367. The smallest absolute Gasteiger partial charge is 0.411 e. The molecule has 0 radical (unpaired) electrons. The van der Waals surface area contributed by atoms with Gasteiger partial charge in [0.1, 0.15) is 11.6 Å². The number of esters is 1. The maximum Gasteiger partial charge on any atom is 0.411 e. The standard InChI is InChI=1S/C17H27NO5/c1-6-8-21-11-17-9-12(14(19)22-7-2)18(13(17)10-17)15(20)23-16(3,4)5/h6,12-13H,1,7-11H2,2-5H3/t12-,13+,17+/m0/s1. The van der Waals surface area contributed by atoms with Gasteiger partial charge in [-0.05, 0) is 40.5 Å². The molecular weight excluding hydrogens is 298 g/mol. The van der Waals surface area contributed by atoms with Crippen molar-refractivity contribution in [2.45, 2.75) is 58.2 Å². The van der Waals surface area contributed by atoms with E-state index in [1.54, 1.807) is 17.9 Å². The summed E-state index contributed by atoms with van der Waals surface area (Å²) in [5, 5.41) is 0. The molecule has 0 aromatic carbocycles. The number of ether oxygens (including phenoxy) is 3. The van der Waals surface area contributed by atoms with Crippen molar-refractivity contribution in [1.82, 2.24) is 4.90 Å². The van der Waals surface area contributed by atoms with Crippen LogP contribution in [0.15, 0.2) is 12.7 Å². The SMILES string of the molecule is C=CCOC[C@]12C[C@@H](C(=O)OCC)N(C(=O)OC(C)(C)C)[C@@H]1C2. The Hall–Kier alpha value is -1.56. The van der Waals surface area contributed by atoms with E-state index in [0.717, 1.165) is 6.42 Å². The molecule has 1 saturated carbocycles. The van der Waals surface area contributed by atoms with Gasteiger partial charge in [-0.1, -0.05) is 6.08 Å². The molecule has 1 aliphatic carbocycles. The van der Waals surface area contributed by atoms with Crippen LogP contribution in [0.1, 0.15) is 40.5 Å². The summed E-state index contributed by atoms with van der Waals surface area (Å²) in [4.78, 5) is 26.3. The zero-order valence-corrected chi connectivity index (χ0v) is 14.5. The highest BCUT2D eigenvalue weighted by molar-refractivity contribution is 5.83. The molecule has 1 amide bonds. The lowest BCUT2D eigenvalue weighted by Gasteiger charge is -2.29. The van der Waals surface area contributed by atoms with E-state index < -0.39 is 17.7 Å². The van der Waals surface area contributed by atoms with Crippen LogP contribution in [0.5, 0.6) is 0 Å². The lowest BCUT2D eigenvalue weighted by molar-refractivity contribution is -0.149. The first-order valence-corrected chi connectivity index (χ1v) is 8.10. The van der Waals surface area contributed by atoms with Crippen molar-refractivity contribution >= 4 is 12.1 Å². The predicted octanol–water partition coefficient (Wildman–Crippen LogP) is 2.52. The van der Waals surface area contributed by atoms with Crippen molar-refractivity contribution in [3.05, 3.63) is 12.7 Å². The molecule has 1 aliphatic heterocycles. The molecule has 2 rings (SSSR count). The largest absolute Gasteiger partial charge is 0.464 e. The number of carbonyl (C=O) groups excluding carboxylic acids is 2. The Labute approximate surface area is 137 Å². The van der Waals surface area contributed by atoms with Gasteiger partial charge in [0.05, 0.1) is 19.8 Å². The van der Waals surface area contributed by atoms with Crippen LogP contribution in [0, 0.1) is 5.41 Å². The third-order valence-electron chi connectivity index (χ3n) is 4.21. The van der Waals surface area contributed by atoms with Crippen LogP contribution < -0.4 is 0 Å². The number of fused-ring (bicyclic) bond motifs is 1. The van der Waals surface area contributed by atoms with Crippen molar-refractivity contribution in [1.29, 1.82) is 0 Å². The number of hydrogen-bond acceptors (Lipinski definition) is 5. The second-order valence-corrected chi connectivity index (χ2v) is 7.25. The molecule has 2 aliphatic rings. The third kappa shape index (κ3) is 3.86. The highest BCUT2D eigenvalue weighted by Gasteiger charge is 2.68. The predicted molar refractivity (Wildman–Crippen MR) is 85.0 cm³/mol. The van der Waals surface area contributed by atoms with Crippen molar-refractivity contribution in [2.24, 2.45) is 5.41 Å². The molecule has 1 heterocycles. The Morgan fingerprint density at radius 2 is 2.04 bits per heavy atom. The summed E-state index contributed by atoms with van der Waals surface area (Å²) >= 11 is 0. The number of likely N-dealkylation sites (tertiary alicyclic amines) is 1. The Kier molecular flexibility index (Phi) is 5.04. The average molecular weight is 325 g/mol. The van der Waals surface area contributed by atoms with Gasteiger partial charge < -0.3 is 14.2 Å². The highest BCUT2D eigenvalue weighted by atomic mass is 16.6. The fourth-order valence-corrected chi connectivity index (χ4v) is 3.20. The van der Waals surface area contributed by atoms with Crippen LogP contribution >= 0.6 is 0 Å². The molecule has 23 heavy (non-hydrogen) atoms. The summed E-state index contributed by atoms with van der Waals surface area (Å²) in [5.41, 5.74) is -0.757. The lowest BCUT2D eigenvalue weighted by Crippen LogP contribution is -2.46. The van der Waals surface area contributed by atoms with E-state index in [1.165, 1.54) is 0 Å². The van der Waals surface area contributed by atoms with E-state index in [-0.39, 0.29) is 17.4 Å². The molecule has 0 unspecified atom stereocenters. The number of rotatable bonds is 6. The lowest BCUT2D eigenvalue weighted by atomic mass is 10.0. The Morgan fingerprint density at radius 3 is 2.61 bits per heavy atom. The van der Waals surface area contributed by atoms with Crippen LogP contribution in [0.3, 0.4) is 0 Å². The number of amides is 1. The minimum absolute atomic E-state index is 0.0171. The first-order valence-electron chi connectivity index (χ1n) is 8.10. The summed E-state index contributed by atoms with van der Waals surface area (Å²) in [6.07, 6.45) is 2.63. The highest BCUT2D eigenvalue weighted by Crippen LogP contribution is 2.60. The zero-order valence-electron chi connectivity index (χ0n) is 14.5. The van der Waals surface area contributed by atoms with Gasteiger partial charge in [0.2, 0.25) is 0 Å². The summed E-state index contributed by atoms with van der Waals surface area (Å²) < 4.78 is 16.2. The van der Waals surface area contributed by atoms with Gasteiger partial charge >= 0.3 is 12.1 Å². The monoisotopic (exact) mass is 325 g/mol. The van der Waals surface area contributed by atoms with Crippen LogP contribution in [-0.2, 0) is 19.0 Å². The first kappa shape index (κ1) is 17.8. The van der Waals surface area contributed by atoms with Gasteiger partial charge in [-0.3, -0.25) is 4.90 Å². The normalized spacial score (nSPS) is 29.0. The molecule has 6 nitrogen and oxygen atoms in total. The van der Waals surface area contributed by atoms with Gasteiger partial charge in [-0.25, -0.2) is 9.59 Å². The fourth-order valence-electron chi connectivity index (χ4n) is 3.20. The van der Waals surface area contributed by atoms with E-state index in [4.69, 9.17) is 14.2 Å². The van der Waals surface area contributed by atoms with E-state index >= 15 is 0 Å². The number of carbonyl (C=O) groups is 2.